The molecule has 1 fully saturated rings. The van der Waals surface area contributed by atoms with Crippen LogP contribution in [0.3, 0.4) is 0 Å². The maximum Gasteiger partial charge on any atom is 0.222 e. The SMILES string of the molecule is CCCc1cnc(NCC2CNCCN2C)nc1. The van der Waals surface area contributed by atoms with Crippen LogP contribution >= 0.6 is 0 Å². The molecule has 1 unspecified atom stereocenters. The maximum atomic E-state index is 4.35. The van der Waals surface area contributed by atoms with Crippen molar-refractivity contribution in [1.29, 1.82) is 0 Å². The lowest BCUT2D eigenvalue weighted by Crippen LogP contribution is -2.52. The standard InChI is InChI=1S/C13H23N5/c1-3-4-11-7-15-13(16-8-11)17-10-12-9-14-5-6-18(12)2/h7-8,12,14H,3-6,9-10H2,1-2H3,(H,15,16,17). The molecule has 18 heavy (non-hydrogen) atoms. The molecule has 1 saturated heterocycles. The summed E-state index contributed by atoms with van der Waals surface area (Å²) in [5.41, 5.74) is 1.21. The van der Waals surface area contributed by atoms with Crippen molar-refractivity contribution in [3.8, 4) is 0 Å². The Labute approximate surface area is 109 Å². The van der Waals surface area contributed by atoms with Crippen LogP contribution in [-0.4, -0.2) is 54.1 Å². The van der Waals surface area contributed by atoms with E-state index in [-0.39, 0.29) is 0 Å². The Morgan fingerprint density at radius 1 is 1.44 bits per heavy atom. The third kappa shape index (κ3) is 3.65. The average molecular weight is 249 g/mol. The second-order valence-corrected chi connectivity index (χ2v) is 4.88. The summed E-state index contributed by atoms with van der Waals surface area (Å²) in [5.74, 6) is 0.730. The van der Waals surface area contributed by atoms with Crippen molar-refractivity contribution in [3.63, 3.8) is 0 Å². The van der Waals surface area contributed by atoms with Gasteiger partial charge in [-0.25, -0.2) is 9.97 Å². The summed E-state index contributed by atoms with van der Waals surface area (Å²) in [6.45, 7) is 6.25. The Morgan fingerprint density at radius 2 is 2.22 bits per heavy atom. The highest BCUT2D eigenvalue weighted by Gasteiger charge is 2.18. The molecule has 1 aromatic rings. The first kappa shape index (κ1) is 13.2. The minimum atomic E-state index is 0.512. The summed E-state index contributed by atoms with van der Waals surface area (Å²) in [6.07, 6.45) is 6.02. The van der Waals surface area contributed by atoms with Crippen molar-refractivity contribution in [3.05, 3.63) is 18.0 Å². The van der Waals surface area contributed by atoms with Crippen LogP contribution in [0.25, 0.3) is 0 Å². The number of hydrogen-bond donors (Lipinski definition) is 2. The van der Waals surface area contributed by atoms with E-state index in [1.807, 2.05) is 12.4 Å². The van der Waals surface area contributed by atoms with Crippen LogP contribution < -0.4 is 10.6 Å². The topological polar surface area (TPSA) is 53.1 Å². The van der Waals surface area contributed by atoms with Crippen LogP contribution in [0, 0.1) is 0 Å². The number of nitrogens with one attached hydrogen (secondary N) is 2. The second kappa shape index (κ2) is 6.66. The highest BCUT2D eigenvalue weighted by molar-refractivity contribution is 5.25. The Balaban J connectivity index is 1.82. The second-order valence-electron chi connectivity index (χ2n) is 4.88. The third-order valence-corrected chi connectivity index (χ3v) is 3.38. The number of nitrogens with zero attached hydrogens (tertiary/aromatic N) is 3. The first-order valence-corrected chi connectivity index (χ1v) is 6.75. The molecule has 5 heteroatoms. The molecule has 0 radical (unpaired) electrons. The molecule has 0 aromatic carbocycles. The van der Waals surface area contributed by atoms with Crippen LogP contribution in [-0.2, 0) is 6.42 Å². The highest BCUT2D eigenvalue weighted by atomic mass is 15.2. The van der Waals surface area contributed by atoms with Crippen molar-refractivity contribution in [2.75, 3.05) is 38.5 Å². The van der Waals surface area contributed by atoms with Gasteiger partial charge < -0.3 is 10.6 Å². The highest BCUT2D eigenvalue weighted by Crippen LogP contribution is 2.05. The summed E-state index contributed by atoms with van der Waals surface area (Å²) < 4.78 is 0. The fraction of sp³-hybridized carbons (Fsp3) is 0.692. The van der Waals surface area contributed by atoms with Gasteiger partial charge >= 0.3 is 0 Å². The molecular weight excluding hydrogens is 226 g/mol. The lowest BCUT2D eigenvalue weighted by Gasteiger charge is -2.33. The summed E-state index contributed by atoms with van der Waals surface area (Å²) in [5, 5.41) is 6.72. The van der Waals surface area contributed by atoms with Gasteiger partial charge in [-0.1, -0.05) is 13.3 Å². The maximum absolute atomic E-state index is 4.35. The van der Waals surface area contributed by atoms with Crippen LogP contribution in [0.1, 0.15) is 18.9 Å². The van der Waals surface area contributed by atoms with Crippen LogP contribution in [0.5, 0.6) is 0 Å². The van der Waals surface area contributed by atoms with E-state index in [2.05, 4.69) is 39.5 Å². The molecule has 1 aromatic heterocycles. The van der Waals surface area contributed by atoms with Crippen LogP contribution in [0.15, 0.2) is 12.4 Å². The minimum absolute atomic E-state index is 0.512. The van der Waals surface area contributed by atoms with E-state index >= 15 is 0 Å². The van der Waals surface area contributed by atoms with Gasteiger partial charge in [0.25, 0.3) is 0 Å². The van der Waals surface area contributed by atoms with Crippen LogP contribution in [0.2, 0.25) is 0 Å². The number of anilines is 1. The Hall–Kier alpha value is -1.20. The smallest absolute Gasteiger partial charge is 0.222 e. The number of piperazine rings is 1. The summed E-state index contributed by atoms with van der Waals surface area (Å²) in [6, 6.07) is 0.512. The van der Waals surface area contributed by atoms with Gasteiger partial charge in [0.1, 0.15) is 0 Å². The third-order valence-electron chi connectivity index (χ3n) is 3.38. The van der Waals surface area contributed by atoms with Gasteiger partial charge in [-0.15, -0.1) is 0 Å². The molecule has 0 aliphatic carbocycles. The van der Waals surface area contributed by atoms with Crippen molar-refractivity contribution >= 4 is 5.95 Å². The molecule has 2 heterocycles. The van der Waals surface area contributed by atoms with E-state index in [0.29, 0.717) is 6.04 Å². The monoisotopic (exact) mass is 249 g/mol. The van der Waals surface area contributed by atoms with E-state index in [4.69, 9.17) is 0 Å². The quantitative estimate of drug-likeness (QED) is 0.806. The zero-order chi connectivity index (χ0) is 12.8. The van der Waals surface area contributed by atoms with Gasteiger partial charge in [0, 0.05) is 44.6 Å². The van der Waals surface area contributed by atoms with E-state index in [1.165, 1.54) is 5.56 Å². The molecule has 2 rings (SSSR count). The number of likely N-dealkylation sites (N-methyl/N-ethyl adjacent to an activating group) is 1. The normalized spacial score (nSPS) is 20.9. The molecule has 100 valence electrons. The zero-order valence-corrected chi connectivity index (χ0v) is 11.3. The molecule has 0 spiro atoms. The lowest BCUT2D eigenvalue weighted by atomic mass is 10.2. The number of rotatable bonds is 5. The van der Waals surface area contributed by atoms with E-state index in [0.717, 1.165) is 45.0 Å². The van der Waals surface area contributed by atoms with Crippen LogP contribution in [0.4, 0.5) is 5.95 Å². The molecule has 1 aliphatic rings. The Kier molecular flexibility index (Phi) is 4.90. The fourth-order valence-corrected chi connectivity index (χ4v) is 2.16. The largest absolute Gasteiger partial charge is 0.353 e. The first-order valence-electron chi connectivity index (χ1n) is 6.75. The first-order chi connectivity index (χ1) is 8.79. The summed E-state index contributed by atoms with van der Waals surface area (Å²) in [4.78, 5) is 11.1. The molecule has 0 amide bonds. The van der Waals surface area contributed by atoms with E-state index < -0.39 is 0 Å². The molecule has 1 aliphatic heterocycles. The lowest BCUT2D eigenvalue weighted by molar-refractivity contribution is 0.209. The van der Waals surface area contributed by atoms with Crippen molar-refractivity contribution in [2.24, 2.45) is 0 Å². The van der Waals surface area contributed by atoms with Gasteiger partial charge in [-0.3, -0.25) is 4.90 Å². The molecule has 0 bridgehead atoms. The number of hydrogen-bond acceptors (Lipinski definition) is 5. The summed E-state index contributed by atoms with van der Waals surface area (Å²) in [7, 11) is 2.17. The van der Waals surface area contributed by atoms with Gasteiger partial charge in [-0.2, -0.15) is 0 Å². The Morgan fingerprint density at radius 3 is 2.89 bits per heavy atom. The predicted molar refractivity (Wildman–Crippen MR) is 73.8 cm³/mol. The minimum Gasteiger partial charge on any atom is -0.353 e. The molecule has 2 N–H and O–H groups in total. The zero-order valence-electron chi connectivity index (χ0n) is 11.3. The van der Waals surface area contributed by atoms with Gasteiger partial charge in [-0.05, 0) is 19.0 Å². The average Bonchev–Trinajstić information content (AvgIpc) is 2.40. The molecule has 0 saturated carbocycles. The fourth-order valence-electron chi connectivity index (χ4n) is 2.16. The number of aromatic nitrogens is 2. The predicted octanol–water partition coefficient (Wildman–Crippen LogP) is 0.745. The molecule has 1 atom stereocenters. The van der Waals surface area contributed by atoms with Gasteiger partial charge in [0.15, 0.2) is 0 Å². The van der Waals surface area contributed by atoms with Crippen molar-refractivity contribution in [2.45, 2.75) is 25.8 Å². The van der Waals surface area contributed by atoms with E-state index in [1.54, 1.807) is 0 Å². The van der Waals surface area contributed by atoms with Gasteiger partial charge in [0.2, 0.25) is 5.95 Å². The summed E-state index contributed by atoms with van der Waals surface area (Å²) >= 11 is 0. The molecule has 5 nitrogen and oxygen atoms in total. The Bertz CT molecular complexity index is 351. The van der Waals surface area contributed by atoms with Crippen molar-refractivity contribution < 1.29 is 0 Å². The van der Waals surface area contributed by atoms with Crippen molar-refractivity contribution in [1.82, 2.24) is 20.2 Å². The molecular formula is C13H23N5. The van der Waals surface area contributed by atoms with E-state index in [9.17, 15) is 0 Å². The number of aryl methyl sites for hydroxylation is 1. The van der Waals surface area contributed by atoms with Gasteiger partial charge in [0.05, 0.1) is 0 Å².